The largest absolute Gasteiger partial charge is 0.389 e. The Bertz CT molecular complexity index is 670. The van der Waals surface area contributed by atoms with E-state index in [2.05, 4.69) is 5.32 Å². The first-order valence-corrected chi connectivity index (χ1v) is 8.12. The van der Waals surface area contributed by atoms with Crippen molar-refractivity contribution in [2.24, 2.45) is 0 Å². The number of aliphatic hydroxyl groups excluding tert-OH is 1. The summed E-state index contributed by atoms with van der Waals surface area (Å²) < 4.78 is 19.6. The van der Waals surface area contributed by atoms with Crippen molar-refractivity contribution in [1.82, 2.24) is 4.90 Å². The molecule has 1 atom stereocenters. The van der Waals surface area contributed by atoms with Crippen molar-refractivity contribution in [3.8, 4) is 0 Å². The molecule has 0 aliphatic carbocycles. The van der Waals surface area contributed by atoms with Crippen LogP contribution >= 0.6 is 0 Å². The second kappa shape index (κ2) is 7.62. The van der Waals surface area contributed by atoms with E-state index in [9.17, 15) is 19.1 Å². The zero-order chi connectivity index (χ0) is 17.8. The molecule has 0 spiro atoms. The first kappa shape index (κ1) is 17.4. The SMILES string of the molecule is O=C1C=CC(=O)N1C[C@H](O)CNc1ccc(N2CCOCC2)c(F)c1. The fourth-order valence-electron chi connectivity index (χ4n) is 2.80. The van der Waals surface area contributed by atoms with Gasteiger partial charge in [0.05, 0.1) is 31.5 Å². The van der Waals surface area contributed by atoms with Crippen LogP contribution in [0.2, 0.25) is 0 Å². The molecule has 1 saturated heterocycles. The molecule has 134 valence electrons. The van der Waals surface area contributed by atoms with Gasteiger partial charge in [-0.2, -0.15) is 0 Å². The fraction of sp³-hybridized carbons (Fsp3) is 0.412. The minimum absolute atomic E-state index is 0.0907. The number of anilines is 2. The summed E-state index contributed by atoms with van der Waals surface area (Å²) in [5.74, 6) is -1.23. The third kappa shape index (κ3) is 4.15. The van der Waals surface area contributed by atoms with Crippen LogP contribution in [-0.2, 0) is 14.3 Å². The molecule has 2 amide bonds. The number of halogens is 1. The Balaban J connectivity index is 1.53. The molecule has 2 N–H and O–H groups in total. The number of nitrogens with one attached hydrogen (secondary N) is 1. The van der Waals surface area contributed by atoms with E-state index in [0.717, 1.165) is 4.90 Å². The molecule has 3 rings (SSSR count). The zero-order valence-electron chi connectivity index (χ0n) is 13.7. The average molecular weight is 349 g/mol. The standard InChI is InChI=1S/C17H20FN3O4/c18-14-9-12(1-2-15(14)20-5-7-25-8-6-20)19-10-13(22)11-21-16(23)3-4-17(21)24/h1-4,9,13,19,22H,5-8,10-11H2/t13-/m1/s1. The van der Waals surface area contributed by atoms with Crippen molar-refractivity contribution in [2.75, 3.05) is 49.6 Å². The van der Waals surface area contributed by atoms with Crippen molar-refractivity contribution in [1.29, 1.82) is 0 Å². The Morgan fingerprint density at radius 2 is 1.88 bits per heavy atom. The van der Waals surface area contributed by atoms with Crippen LogP contribution in [0.15, 0.2) is 30.4 Å². The molecule has 1 aromatic carbocycles. The van der Waals surface area contributed by atoms with Crippen molar-refractivity contribution in [2.45, 2.75) is 6.10 Å². The highest BCUT2D eigenvalue weighted by atomic mass is 19.1. The summed E-state index contributed by atoms with van der Waals surface area (Å²) in [5.41, 5.74) is 1.04. The molecular formula is C17H20FN3O4. The van der Waals surface area contributed by atoms with Crippen LogP contribution in [-0.4, -0.2) is 67.3 Å². The Morgan fingerprint density at radius 3 is 2.52 bits per heavy atom. The minimum Gasteiger partial charge on any atom is -0.389 e. The van der Waals surface area contributed by atoms with Gasteiger partial charge in [-0.15, -0.1) is 0 Å². The molecule has 25 heavy (non-hydrogen) atoms. The maximum Gasteiger partial charge on any atom is 0.253 e. The lowest BCUT2D eigenvalue weighted by atomic mass is 10.2. The summed E-state index contributed by atoms with van der Waals surface area (Å²) in [6.45, 7) is 2.44. The zero-order valence-corrected chi connectivity index (χ0v) is 13.7. The van der Waals surface area contributed by atoms with E-state index >= 15 is 0 Å². The molecule has 0 radical (unpaired) electrons. The van der Waals surface area contributed by atoms with Gasteiger partial charge >= 0.3 is 0 Å². The van der Waals surface area contributed by atoms with Gasteiger partial charge in [0.15, 0.2) is 0 Å². The predicted molar refractivity (Wildman–Crippen MR) is 89.8 cm³/mol. The predicted octanol–water partition coefficient (Wildman–Crippen LogP) is 0.360. The molecule has 1 aromatic rings. The second-order valence-corrected chi connectivity index (χ2v) is 5.92. The van der Waals surface area contributed by atoms with Gasteiger partial charge in [0.25, 0.3) is 11.8 Å². The van der Waals surface area contributed by atoms with Gasteiger partial charge in [-0.25, -0.2) is 4.39 Å². The minimum atomic E-state index is -0.949. The lowest BCUT2D eigenvalue weighted by Gasteiger charge is -2.29. The van der Waals surface area contributed by atoms with Gasteiger partial charge in [0, 0.05) is 37.5 Å². The lowest BCUT2D eigenvalue weighted by Crippen LogP contribution is -2.39. The molecular weight excluding hydrogens is 329 g/mol. The van der Waals surface area contributed by atoms with Gasteiger partial charge in [-0.1, -0.05) is 0 Å². The molecule has 2 aliphatic rings. The maximum absolute atomic E-state index is 14.3. The number of amides is 2. The van der Waals surface area contributed by atoms with Crippen molar-refractivity contribution < 1.29 is 23.8 Å². The fourth-order valence-corrected chi connectivity index (χ4v) is 2.80. The third-order valence-electron chi connectivity index (χ3n) is 4.14. The molecule has 2 heterocycles. The Labute approximate surface area is 144 Å². The number of carbonyl (C=O) groups excluding carboxylic acids is 2. The van der Waals surface area contributed by atoms with E-state index in [1.807, 2.05) is 4.90 Å². The second-order valence-electron chi connectivity index (χ2n) is 5.92. The van der Waals surface area contributed by atoms with Crippen LogP contribution in [0, 0.1) is 5.82 Å². The molecule has 1 fully saturated rings. The highest BCUT2D eigenvalue weighted by Crippen LogP contribution is 2.23. The van der Waals surface area contributed by atoms with E-state index in [-0.39, 0.29) is 18.9 Å². The Morgan fingerprint density at radius 1 is 1.20 bits per heavy atom. The van der Waals surface area contributed by atoms with E-state index in [0.29, 0.717) is 37.7 Å². The van der Waals surface area contributed by atoms with Gasteiger partial charge < -0.3 is 20.1 Å². The molecule has 0 saturated carbocycles. The molecule has 2 aliphatic heterocycles. The number of nitrogens with zero attached hydrogens (tertiary/aromatic N) is 2. The van der Waals surface area contributed by atoms with E-state index < -0.39 is 17.9 Å². The summed E-state index contributed by atoms with van der Waals surface area (Å²) in [6.07, 6.45) is 1.39. The highest BCUT2D eigenvalue weighted by Gasteiger charge is 2.25. The lowest BCUT2D eigenvalue weighted by molar-refractivity contribution is -0.138. The number of aliphatic hydroxyl groups is 1. The van der Waals surface area contributed by atoms with Crippen molar-refractivity contribution >= 4 is 23.2 Å². The highest BCUT2D eigenvalue weighted by molar-refractivity contribution is 6.12. The summed E-state index contributed by atoms with van der Waals surface area (Å²) in [4.78, 5) is 25.8. The summed E-state index contributed by atoms with van der Waals surface area (Å²) >= 11 is 0. The molecule has 0 unspecified atom stereocenters. The number of carbonyl (C=O) groups is 2. The Kier molecular flexibility index (Phi) is 5.30. The molecule has 7 nitrogen and oxygen atoms in total. The van der Waals surface area contributed by atoms with Crippen molar-refractivity contribution in [3.05, 3.63) is 36.2 Å². The van der Waals surface area contributed by atoms with E-state index in [1.165, 1.54) is 18.2 Å². The number of imide groups is 1. The summed E-state index contributed by atoms with van der Waals surface area (Å²) in [6, 6.07) is 4.78. The topological polar surface area (TPSA) is 82.1 Å². The van der Waals surface area contributed by atoms with Crippen LogP contribution < -0.4 is 10.2 Å². The number of hydrogen-bond donors (Lipinski definition) is 2. The van der Waals surface area contributed by atoms with Crippen LogP contribution in [0.3, 0.4) is 0 Å². The number of rotatable bonds is 6. The third-order valence-corrected chi connectivity index (χ3v) is 4.14. The van der Waals surface area contributed by atoms with Gasteiger partial charge in [-0.3, -0.25) is 14.5 Å². The maximum atomic E-state index is 14.3. The van der Waals surface area contributed by atoms with Crippen molar-refractivity contribution in [3.63, 3.8) is 0 Å². The van der Waals surface area contributed by atoms with E-state index in [1.54, 1.807) is 12.1 Å². The van der Waals surface area contributed by atoms with Gasteiger partial charge in [0.2, 0.25) is 0 Å². The summed E-state index contributed by atoms with van der Waals surface area (Å²) in [7, 11) is 0. The quantitative estimate of drug-likeness (QED) is 0.722. The van der Waals surface area contributed by atoms with E-state index in [4.69, 9.17) is 4.74 Å². The molecule has 0 bridgehead atoms. The normalized spacial score (nSPS) is 18.8. The number of β-amino-alcohol motifs (C(OH)–C–C–N with tert-alkyl or cyclic N) is 1. The number of hydrogen-bond acceptors (Lipinski definition) is 6. The Hall–Kier alpha value is -2.45. The summed E-state index contributed by atoms with van der Waals surface area (Å²) in [5, 5.41) is 12.9. The van der Waals surface area contributed by atoms with Crippen LogP contribution in [0.1, 0.15) is 0 Å². The average Bonchev–Trinajstić information content (AvgIpc) is 2.93. The number of morpholine rings is 1. The van der Waals surface area contributed by atoms with Gasteiger partial charge in [-0.05, 0) is 18.2 Å². The molecule has 8 heteroatoms. The van der Waals surface area contributed by atoms with Crippen LogP contribution in [0.5, 0.6) is 0 Å². The first-order chi connectivity index (χ1) is 12.0. The smallest absolute Gasteiger partial charge is 0.253 e. The number of ether oxygens (including phenoxy) is 1. The van der Waals surface area contributed by atoms with Crippen LogP contribution in [0.25, 0.3) is 0 Å². The monoisotopic (exact) mass is 349 g/mol. The number of benzene rings is 1. The first-order valence-electron chi connectivity index (χ1n) is 8.12. The van der Waals surface area contributed by atoms with Gasteiger partial charge in [0.1, 0.15) is 5.82 Å². The van der Waals surface area contributed by atoms with Crippen LogP contribution in [0.4, 0.5) is 15.8 Å². The molecule has 0 aromatic heterocycles.